The zero-order valence-corrected chi connectivity index (χ0v) is 13.2. The smallest absolute Gasteiger partial charge is 0.257 e. The van der Waals surface area contributed by atoms with Gasteiger partial charge in [-0.1, -0.05) is 22.9 Å². The average Bonchev–Trinajstić information content (AvgIpc) is 2.47. The highest BCUT2D eigenvalue weighted by atomic mass is 79.9. The minimum absolute atomic E-state index is 0.159. The van der Waals surface area contributed by atoms with Crippen molar-refractivity contribution in [1.29, 1.82) is 0 Å². The SMILES string of the molecule is CCCN(C(=O)c1cc(Br)ccc1F)C1CCNCC1. The summed E-state index contributed by atoms with van der Waals surface area (Å²) in [6.07, 6.45) is 2.74. The molecule has 1 aromatic carbocycles. The number of carbonyl (C=O) groups excluding carboxylic acids is 1. The van der Waals surface area contributed by atoms with Crippen LogP contribution >= 0.6 is 15.9 Å². The zero-order valence-electron chi connectivity index (χ0n) is 11.7. The van der Waals surface area contributed by atoms with Crippen LogP contribution in [0.15, 0.2) is 22.7 Å². The summed E-state index contributed by atoms with van der Waals surface area (Å²) in [5.74, 6) is -0.647. The van der Waals surface area contributed by atoms with Crippen LogP contribution in [-0.2, 0) is 0 Å². The molecule has 0 atom stereocenters. The number of amides is 1. The maximum atomic E-state index is 13.9. The second-order valence-electron chi connectivity index (χ2n) is 5.10. The van der Waals surface area contributed by atoms with Crippen LogP contribution in [0, 0.1) is 5.82 Å². The van der Waals surface area contributed by atoms with Crippen LogP contribution in [0.1, 0.15) is 36.5 Å². The minimum atomic E-state index is -0.451. The highest BCUT2D eigenvalue weighted by Crippen LogP contribution is 2.21. The Morgan fingerprint density at radius 2 is 2.15 bits per heavy atom. The minimum Gasteiger partial charge on any atom is -0.335 e. The van der Waals surface area contributed by atoms with E-state index in [4.69, 9.17) is 0 Å². The van der Waals surface area contributed by atoms with Crippen LogP contribution in [0.3, 0.4) is 0 Å². The molecule has 0 radical (unpaired) electrons. The van der Waals surface area contributed by atoms with E-state index in [1.165, 1.54) is 6.07 Å². The van der Waals surface area contributed by atoms with Gasteiger partial charge in [0.2, 0.25) is 0 Å². The number of benzene rings is 1. The third kappa shape index (κ3) is 3.58. The van der Waals surface area contributed by atoms with Gasteiger partial charge in [-0.25, -0.2) is 4.39 Å². The summed E-state index contributed by atoms with van der Waals surface area (Å²) in [7, 11) is 0. The van der Waals surface area contributed by atoms with Gasteiger partial charge in [0.1, 0.15) is 5.82 Å². The van der Waals surface area contributed by atoms with Crippen LogP contribution in [0.25, 0.3) is 0 Å². The number of hydrogen-bond acceptors (Lipinski definition) is 2. The van der Waals surface area contributed by atoms with Gasteiger partial charge in [0.25, 0.3) is 5.91 Å². The fourth-order valence-electron chi connectivity index (χ4n) is 2.63. The van der Waals surface area contributed by atoms with Crippen molar-refractivity contribution in [2.45, 2.75) is 32.2 Å². The van der Waals surface area contributed by atoms with Crippen LogP contribution in [0.4, 0.5) is 4.39 Å². The summed E-state index contributed by atoms with van der Waals surface area (Å²) >= 11 is 3.30. The van der Waals surface area contributed by atoms with Crippen molar-refractivity contribution in [2.75, 3.05) is 19.6 Å². The van der Waals surface area contributed by atoms with Gasteiger partial charge in [0, 0.05) is 17.1 Å². The molecule has 1 fully saturated rings. The molecule has 0 bridgehead atoms. The van der Waals surface area contributed by atoms with Gasteiger partial charge in [-0.2, -0.15) is 0 Å². The molecular weight excluding hydrogens is 323 g/mol. The Bertz CT molecular complexity index is 475. The largest absolute Gasteiger partial charge is 0.335 e. The van der Waals surface area contributed by atoms with Crippen molar-refractivity contribution in [2.24, 2.45) is 0 Å². The van der Waals surface area contributed by atoms with Crippen molar-refractivity contribution < 1.29 is 9.18 Å². The van der Waals surface area contributed by atoms with E-state index in [2.05, 4.69) is 21.2 Å². The van der Waals surface area contributed by atoms with Gasteiger partial charge in [-0.05, 0) is 50.6 Å². The Hall–Kier alpha value is -0.940. The lowest BCUT2D eigenvalue weighted by Gasteiger charge is -2.34. The van der Waals surface area contributed by atoms with E-state index >= 15 is 0 Å². The second-order valence-corrected chi connectivity index (χ2v) is 6.02. The Kier molecular flexibility index (Phi) is 5.54. The molecule has 0 saturated carbocycles. The third-order valence-corrected chi connectivity index (χ3v) is 4.13. The van der Waals surface area contributed by atoms with Gasteiger partial charge in [0.15, 0.2) is 0 Å². The van der Waals surface area contributed by atoms with E-state index in [1.807, 2.05) is 11.8 Å². The topological polar surface area (TPSA) is 32.3 Å². The summed E-state index contributed by atoms with van der Waals surface area (Å²) in [5, 5.41) is 3.29. The molecule has 0 spiro atoms. The summed E-state index contributed by atoms with van der Waals surface area (Å²) in [6.45, 7) is 4.55. The summed E-state index contributed by atoms with van der Waals surface area (Å²) < 4.78 is 14.6. The van der Waals surface area contributed by atoms with Crippen LogP contribution < -0.4 is 5.32 Å². The Morgan fingerprint density at radius 3 is 2.80 bits per heavy atom. The zero-order chi connectivity index (χ0) is 14.5. The van der Waals surface area contributed by atoms with E-state index in [0.29, 0.717) is 6.54 Å². The standard InChI is InChI=1S/C15H20BrFN2O/c1-2-9-19(12-5-7-18-8-6-12)15(20)13-10-11(16)3-4-14(13)17/h3-4,10,12,18H,2,5-9H2,1H3. The molecule has 20 heavy (non-hydrogen) atoms. The quantitative estimate of drug-likeness (QED) is 0.911. The first-order chi connectivity index (χ1) is 9.63. The van der Waals surface area contributed by atoms with Crippen LogP contribution in [-0.4, -0.2) is 36.5 Å². The lowest BCUT2D eigenvalue weighted by Crippen LogP contribution is -2.46. The normalized spacial score (nSPS) is 16.1. The Morgan fingerprint density at radius 1 is 1.45 bits per heavy atom. The van der Waals surface area contributed by atoms with Crippen molar-refractivity contribution in [3.05, 3.63) is 34.1 Å². The van der Waals surface area contributed by atoms with Gasteiger partial charge >= 0.3 is 0 Å². The molecule has 1 aromatic rings. The number of nitrogens with zero attached hydrogens (tertiary/aromatic N) is 1. The molecular formula is C15H20BrFN2O. The number of rotatable bonds is 4. The fraction of sp³-hybridized carbons (Fsp3) is 0.533. The third-order valence-electron chi connectivity index (χ3n) is 3.63. The molecule has 1 aliphatic heterocycles. The van der Waals surface area contributed by atoms with E-state index in [0.717, 1.165) is 36.8 Å². The first-order valence-electron chi connectivity index (χ1n) is 7.10. The van der Waals surface area contributed by atoms with E-state index in [1.54, 1.807) is 12.1 Å². The number of hydrogen-bond donors (Lipinski definition) is 1. The number of piperidine rings is 1. The van der Waals surface area contributed by atoms with E-state index in [9.17, 15) is 9.18 Å². The predicted octanol–water partition coefficient (Wildman–Crippen LogP) is 3.19. The average molecular weight is 343 g/mol. The molecule has 1 aliphatic rings. The first-order valence-corrected chi connectivity index (χ1v) is 7.89. The van der Waals surface area contributed by atoms with E-state index < -0.39 is 5.82 Å². The molecule has 0 aromatic heterocycles. The molecule has 0 unspecified atom stereocenters. The lowest BCUT2D eigenvalue weighted by molar-refractivity contribution is 0.0638. The molecule has 1 saturated heterocycles. The monoisotopic (exact) mass is 342 g/mol. The Labute approximate surface area is 127 Å². The summed E-state index contributed by atoms with van der Waals surface area (Å²) in [5.41, 5.74) is 0.159. The summed E-state index contributed by atoms with van der Waals surface area (Å²) in [4.78, 5) is 14.5. The number of halogens is 2. The van der Waals surface area contributed by atoms with Gasteiger partial charge < -0.3 is 10.2 Å². The molecule has 110 valence electrons. The van der Waals surface area contributed by atoms with Crippen LogP contribution in [0.2, 0.25) is 0 Å². The molecule has 1 heterocycles. The molecule has 1 amide bonds. The highest BCUT2D eigenvalue weighted by Gasteiger charge is 2.27. The van der Waals surface area contributed by atoms with Gasteiger partial charge in [-0.15, -0.1) is 0 Å². The summed E-state index contributed by atoms with van der Waals surface area (Å²) in [6, 6.07) is 4.73. The maximum absolute atomic E-state index is 13.9. The molecule has 1 N–H and O–H groups in total. The number of carbonyl (C=O) groups is 1. The Balaban J connectivity index is 2.23. The molecule has 2 rings (SSSR count). The first kappa shape index (κ1) is 15.4. The van der Waals surface area contributed by atoms with Crippen molar-refractivity contribution in [3.63, 3.8) is 0 Å². The van der Waals surface area contributed by atoms with Crippen molar-refractivity contribution in [3.8, 4) is 0 Å². The number of nitrogens with one attached hydrogen (secondary N) is 1. The van der Waals surface area contributed by atoms with E-state index in [-0.39, 0.29) is 17.5 Å². The second kappa shape index (κ2) is 7.18. The van der Waals surface area contributed by atoms with Crippen molar-refractivity contribution in [1.82, 2.24) is 10.2 Å². The van der Waals surface area contributed by atoms with Gasteiger partial charge in [0.05, 0.1) is 5.56 Å². The highest BCUT2D eigenvalue weighted by molar-refractivity contribution is 9.10. The molecule has 0 aliphatic carbocycles. The maximum Gasteiger partial charge on any atom is 0.257 e. The van der Waals surface area contributed by atoms with Gasteiger partial charge in [-0.3, -0.25) is 4.79 Å². The van der Waals surface area contributed by atoms with Crippen molar-refractivity contribution >= 4 is 21.8 Å². The van der Waals surface area contributed by atoms with Crippen LogP contribution in [0.5, 0.6) is 0 Å². The predicted molar refractivity (Wildman–Crippen MR) is 81.3 cm³/mol. The molecule has 5 heteroatoms. The molecule has 3 nitrogen and oxygen atoms in total. The fourth-order valence-corrected chi connectivity index (χ4v) is 2.99. The lowest BCUT2D eigenvalue weighted by atomic mass is 10.0.